The van der Waals surface area contributed by atoms with Crippen LogP contribution in [0.3, 0.4) is 0 Å². The number of rotatable bonds is 3. The standard InChI is InChI=1S/C14H12F3NS/c15-14(16,17)11-6-7-13(12(18)8-11)19-9-10-4-2-1-3-5-10/h1-8H,9,18H2. The molecule has 0 bridgehead atoms. The highest BCUT2D eigenvalue weighted by Gasteiger charge is 2.30. The van der Waals surface area contributed by atoms with Gasteiger partial charge in [0.05, 0.1) is 5.56 Å². The predicted molar refractivity (Wildman–Crippen MR) is 71.9 cm³/mol. The molecule has 0 aliphatic heterocycles. The van der Waals surface area contributed by atoms with Crippen molar-refractivity contribution < 1.29 is 13.2 Å². The van der Waals surface area contributed by atoms with E-state index in [-0.39, 0.29) is 5.69 Å². The van der Waals surface area contributed by atoms with Crippen LogP contribution in [0.5, 0.6) is 0 Å². The minimum absolute atomic E-state index is 0.163. The van der Waals surface area contributed by atoms with Crippen LogP contribution in [0.2, 0.25) is 0 Å². The highest BCUT2D eigenvalue weighted by Crippen LogP contribution is 2.35. The Kier molecular flexibility index (Phi) is 4.04. The van der Waals surface area contributed by atoms with E-state index in [1.165, 1.54) is 17.8 Å². The van der Waals surface area contributed by atoms with Gasteiger partial charge in [0.15, 0.2) is 0 Å². The second kappa shape index (κ2) is 5.57. The van der Waals surface area contributed by atoms with Gasteiger partial charge in [-0.05, 0) is 23.8 Å². The van der Waals surface area contributed by atoms with E-state index in [1.807, 2.05) is 30.3 Å². The van der Waals surface area contributed by atoms with Crippen molar-refractivity contribution in [2.24, 2.45) is 0 Å². The summed E-state index contributed by atoms with van der Waals surface area (Å²) >= 11 is 1.43. The Morgan fingerprint density at radius 2 is 1.68 bits per heavy atom. The minimum Gasteiger partial charge on any atom is -0.398 e. The molecule has 0 aliphatic rings. The molecule has 0 unspecified atom stereocenters. The molecule has 0 saturated carbocycles. The Hall–Kier alpha value is -1.62. The zero-order chi connectivity index (χ0) is 13.9. The fraction of sp³-hybridized carbons (Fsp3) is 0.143. The van der Waals surface area contributed by atoms with Crippen molar-refractivity contribution in [3.05, 3.63) is 59.7 Å². The Balaban J connectivity index is 2.10. The van der Waals surface area contributed by atoms with Crippen molar-refractivity contribution in [1.29, 1.82) is 0 Å². The van der Waals surface area contributed by atoms with Gasteiger partial charge in [-0.3, -0.25) is 0 Å². The molecule has 2 aromatic rings. The molecule has 5 heteroatoms. The van der Waals surface area contributed by atoms with Crippen LogP contribution in [0, 0.1) is 0 Å². The van der Waals surface area contributed by atoms with Crippen LogP contribution in [-0.2, 0) is 11.9 Å². The zero-order valence-corrected chi connectivity index (χ0v) is 10.8. The molecule has 1 nitrogen and oxygen atoms in total. The van der Waals surface area contributed by atoms with Crippen molar-refractivity contribution in [2.75, 3.05) is 5.73 Å². The van der Waals surface area contributed by atoms with E-state index in [0.29, 0.717) is 10.6 Å². The number of anilines is 1. The summed E-state index contributed by atoms with van der Waals surface area (Å²) < 4.78 is 37.5. The molecule has 0 heterocycles. The van der Waals surface area contributed by atoms with Gasteiger partial charge in [0.2, 0.25) is 0 Å². The van der Waals surface area contributed by atoms with Crippen LogP contribution in [-0.4, -0.2) is 0 Å². The van der Waals surface area contributed by atoms with E-state index >= 15 is 0 Å². The third-order valence-electron chi connectivity index (χ3n) is 2.57. The molecule has 0 atom stereocenters. The number of nitrogen functional groups attached to an aromatic ring is 1. The van der Waals surface area contributed by atoms with Crippen LogP contribution in [0.25, 0.3) is 0 Å². The fourth-order valence-corrected chi connectivity index (χ4v) is 2.50. The lowest BCUT2D eigenvalue weighted by Crippen LogP contribution is -2.05. The molecule has 0 spiro atoms. The first-order valence-electron chi connectivity index (χ1n) is 5.60. The highest BCUT2D eigenvalue weighted by atomic mass is 32.2. The average molecular weight is 283 g/mol. The van der Waals surface area contributed by atoms with Crippen molar-refractivity contribution in [2.45, 2.75) is 16.8 Å². The molecule has 0 amide bonds. The lowest BCUT2D eigenvalue weighted by Gasteiger charge is -2.10. The first-order chi connectivity index (χ1) is 8.97. The van der Waals surface area contributed by atoms with Gasteiger partial charge in [-0.2, -0.15) is 13.2 Å². The Labute approximate surface area is 113 Å². The summed E-state index contributed by atoms with van der Waals surface area (Å²) in [6.07, 6.45) is -4.35. The molecule has 100 valence electrons. The second-order valence-corrected chi connectivity index (χ2v) is 5.04. The molecule has 0 saturated heterocycles. The van der Waals surface area contributed by atoms with Crippen LogP contribution < -0.4 is 5.73 Å². The van der Waals surface area contributed by atoms with Gasteiger partial charge in [-0.25, -0.2) is 0 Å². The van der Waals surface area contributed by atoms with Gasteiger partial charge in [0, 0.05) is 16.3 Å². The number of hydrogen-bond donors (Lipinski definition) is 1. The maximum absolute atomic E-state index is 12.5. The van der Waals surface area contributed by atoms with Crippen molar-refractivity contribution in [3.8, 4) is 0 Å². The quantitative estimate of drug-likeness (QED) is 0.659. The van der Waals surface area contributed by atoms with Crippen molar-refractivity contribution in [1.82, 2.24) is 0 Å². The summed E-state index contributed by atoms with van der Waals surface area (Å²) in [5.74, 6) is 0.677. The molecule has 2 aromatic carbocycles. The highest BCUT2D eigenvalue weighted by molar-refractivity contribution is 7.98. The third kappa shape index (κ3) is 3.67. The van der Waals surface area contributed by atoms with Crippen LogP contribution >= 0.6 is 11.8 Å². The lowest BCUT2D eigenvalue weighted by molar-refractivity contribution is -0.137. The molecule has 0 aromatic heterocycles. The maximum atomic E-state index is 12.5. The van der Waals surface area contributed by atoms with Gasteiger partial charge < -0.3 is 5.73 Å². The van der Waals surface area contributed by atoms with Crippen LogP contribution in [0.4, 0.5) is 18.9 Å². The van der Waals surface area contributed by atoms with Gasteiger partial charge in [-0.15, -0.1) is 11.8 Å². The Bertz CT molecular complexity index is 552. The largest absolute Gasteiger partial charge is 0.416 e. The van der Waals surface area contributed by atoms with Gasteiger partial charge in [0.25, 0.3) is 0 Å². The van der Waals surface area contributed by atoms with E-state index < -0.39 is 11.7 Å². The fourth-order valence-electron chi connectivity index (χ4n) is 1.59. The number of hydrogen-bond acceptors (Lipinski definition) is 2. The zero-order valence-electron chi connectivity index (χ0n) is 9.95. The molecule has 2 N–H and O–H groups in total. The van der Waals surface area contributed by atoms with E-state index in [1.54, 1.807) is 0 Å². The normalized spacial score (nSPS) is 11.5. The average Bonchev–Trinajstić information content (AvgIpc) is 2.37. The molecular weight excluding hydrogens is 271 g/mol. The summed E-state index contributed by atoms with van der Waals surface area (Å²) in [6, 6.07) is 13.2. The topological polar surface area (TPSA) is 26.0 Å². The van der Waals surface area contributed by atoms with E-state index in [0.717, 1.165) is 17.7 Å². The van der Waals surface area contributed by atoms with Gasteiger partial charge in [0.1, 0.15) is 0 Å². The van der Waals surface area contributed by atoms with Crippen molar-refractivity contribution >= 4 is 17.4 Å². The van der Waals surface area contributed by atoms with E-state index in [4.69, 9.17) is 5.73 Å². The Morgan fingerprint density at radius 1 is 1.00 bits per heavy atom. The second-order valence-electron chi connectivity index (χ2n) is 4.02. The van der Waals surface area contributed by atoms with Crippen molar-refractivity contribution in [3.63, 3.8) is 0 Å². The monoisotopic (exact) mass is 283 g/mol. The first kappa shape index (κ1) is 13.8. The number of benzene rings is 2. The van der Waals surface area contributed by atoms with Gasteiger partial charge >= 0.3 is 6.18 Å². The summed E-state index contributed by atoms with van der Waals surface area (Å²) in [5.41, 5.74) is 6.21. The van der Waals surface area contributed by atoms with E-state index in [2.05, 4.69) is 0 Å². The predicted octanol–water partition coefficient (Wildman–Crippen LogP) is 4.58. The van der Waals surface area contributed by atoms with Crippen LogP contribution in [0.15, 0.2) is 53.4 Å². The smallest absolute Gasteiger partial charge is 0.398 e. The minimum atomic E-state index is -4.35. The summed E-state index contributed by atoms with van der Waals surface area (Å²) in [7, 11) is 0. The van der Waals surface area contributed by atoms with E-state index in [9.17, 15) is 13.2 Å². The molecule has 0 aliphatic carbocycles. The summed E-state index contributed by atoms with van der Waals surface area (Å²) in [4.78, 5) is 0.664. The summed E-state index contributed by atoms with van der Waals surface area (Å²) in [6.45, 7) is 0. The summed E-state index contributed by atoms with van der Waals surface area (Å²) in [5, 5.41) is 0. The lowest BCUT2D eigenvalue weighted by atomic mass is 10.2. The van der Waals surface area contributed by atoms with Crippen LogP contribution in [0.1, 0.15) is 11.1 Å². The first-order valence-corrected chi connectivity index (χ1v) is 6.59. The third-order valence-corrected chi connectivity index (χ3v) is 3.73. The van der Waals surface area contributed by atoms with Gasteiger partial charge in [-0.1, -0.05) is 30.3 Å². The number of nitrogens with two attached hydrogens (primary N) is 1. The molecular formula is C14H12F3NS. The Morgan fingerprint density at radius 3 is 2.26 bits per heavy atom. The molecule has 19 heavy (non-hydrogen) atoms. The molecule has 2 rings (SSSR count). The number of alkyl halides is 3. The number of thioether (sulfide) groups is 1. The molecule has 0 fully saturated rings. The number of halogens is 3. The molecule has 0 radical (unpaired) electrons. The maximum Gasteiger partial charge on any atom is 0.416 e. The SMILES string of the molecule is Nc1cc(C(F)(F)F)ccc1SCc1ccccc1.